The molecule has 0 bridgehead atoms. The minimum Gasteiger partial charge on any atom is -0.495 e. The molecule has 1 aliphatic carbocycles. The van der Waals surface area contributed by atoms with Crippen molar-refractivity contribution >= 4 is 15.7 Å². The molecule has 0 radical (unpaired) electrons. The van der Waals surface area contributed by atoms with Crippen LogP contribution >= 0.6 is 0 Å². The standard InChI is InChI=1S/C13H20N2O3S/c1-15(9-10-4-3-5-10)19(16,17)11-6-7-12(14)13(8-11)18-2/h6-8,10H,3-5,9,14H2,1-2H3. The summed E-state index contributed by atoms with van der Waals surface area (Å²) >= 11 is 0. The largest absolute Gasteiger partial charge is 0.495 e. The van der Waals surface area contributed by atoms with Gasteiger partial charge >= 0.3 is 0 Å². The molecule has 106 valence electrons. The average Bonchev–Trinajstić information content (AvgIpc) is 2.33. The average molecular weight is 284 g/mol. The van der Waals surface area contributed by atoms with Crippen molar-refractivity contribution in [3.63, 3.8) is 0 Å². The Morgan fingerprint density at radius 3 is 2.63 bits per heavy atom. The van der Waals surface area contributed by atoms with Gasteiger partial charge in [0.15, 0.2) is 0 Å². The first-order chi connectivity index (χ1) is 8.95. The molecule has 6 heteroatoms. The van der Waals surface area contributed by atoms with Crippen molar-refractivity contribution in [3.05, 3.63) is 18.2 Å². The Morgan fingerprint density at radius 1 is 1.42 bits per heavy atom. The lowest BCUT2D eigenvalue weighted by molar-refractivity contribution is 0.263. The predicted molar refractivity (Wildman–Crippen MR) is 74.6 cm³/mol. The zero-order chi connectivity index (χ0) is 14.0. The van der Waals surface area contributed by atoms with E-state index in [2.05, 4.69) is 0 Å². The van der Waals surface area contributed by atoms with Gasteiger partial charge in [0.05, 0.1) is 17.7 Å². The molecule has 1 aliphatic rings. The first-order valence-electron chi connectivity index (χ1n) is 6.35. The molecule has 0 amide bonds. The van der Waals surface area contributed by atoms with Crippen LogP contribution in [0.1, 0.15) is 19.3 Å². The maximum absolute atomic E-state index is 12.4. The summed E-state index contributed by atoms with van der Waals surface area (Å²) in [6, 6.07) is 4.55. The molecule has 2 N–H and O–H groups in total. The third kappa shape index (κ3) is 2.84. The van der Waals surface area contributed by atoms with Crippen LogP contribution in [0.25, 0.3) is 0 Å². The van der Waals surface area contributed by atoms with E-state index >= 15 is 0 Å². The molecule has 1 fully saturated rings. The number of nitrogen functional groups attached to an aromatic ring is 1. The number of hydrogen-bond acceptors (Lipinski definition) is 4. The monoisotopic (exact) mass is 284 g/mol. The molecular formula is C13H20N2O3S. The molecule has 1 aromatic carbocycles. The summed E-state index contributed by atoms with van der Waals surface area (Å²) in [7, 11) is -0.368. The molecule has 0 unspecified atom stereocenters. The van der Waals surface area contributed by atoms with E-state index in [4.69, 9.17) is 10.5 Å². The summed E-state index contributed by atoms with van der Waals surface area (Å²) in [6.45, 7) is 0.578. The molecule has 19 heavy (non-hydrogen) atoms. The maximum Gasteiger partial charge on any atom is 0.242 e. The lowest BCUT2D eigenvalue weighted by Crippen LogP contribution is -2.34. The number of ether oxygens (including phenoxy) is 1. The molecule has 0 aliphatic heterocycles. The Balaban J connectivity index is 2.22. The number of hydrogen-bond donors (Lipinski definition) is 1. The number of methoxy groups -OCH3 is 1. The van der Waals surface area contributed by atoms with Crippen molar-refractivity contribution in [2.75, 3.05) is 26.4 Å². The summed E-state index contributed by atoms with van der Waals surface area (Å²) < 4.78 is 31.3. The molecule has 2 rings (SSSR count). The molecule has 0 saturated heterocycles. The minimum absolute atomic E-state index is 0.223. The Morgan fingerprint density at radius 2 is 2.11 bits per heavy atom. The second kappa shape index (κ2) is 5.38. The van der Waals surface area contributed by atoms with Crippen molar-refractivity contribution in [1.29, 1.82) is 0 Å². The third-order valence-corrected chi connectivity index (χ3v) is 5.47. The van der Waals surface area contributed by atoms with Crippen LogP contribution in [-0.4, -0.2) is 33.4 Å². The maximum atomic E-state index is 12.4. The van der Waals surface area contributed by atoms with Crippen LogP contribution in [0.15, 0.2) is 23.1 Å². The molecule has 0 spiro atoms. The molecule has 0 heterocycles. The van der Waals surface area contributed by atoms with Gasteiger partial charge in [-0.1, -0.05) is 6.42 Å². The molecule has 1 aromatic rings. The summed E-state index contributed by atoms with van der Waals surface area (Å²) in [6.07, 6.45) is 3.43. The van der Waals surface area contributed by atoms with Crippen LogP contribution in [0.4, 0.5) is 5.69 Å². The predicted octanol–water partition coefficient (Wildman–Crippen LogP) is 1.70. The number of nitrogens with two attached hydrogens (primary N) is 1. The van der Waals surface area contributed by atoms with Gasteiger partial charge in [0.1, 0.15) is 5.75 Å². The summed E-state index contributed by atoms with van der Waals surface area (Å²) in [5.41, 5.74) is 6.13. The van der Waals surface area contributed by atoms with Gasteiger partial charge in [-0.2, -0.15) is 0 Å². The van der Waals surface area contributed by atoms with Gasteiger partial charge in [0, 0.05) is 19.7 Å². The van der Waals surface area contributed by atoms with E-state index in [0.29, 0.717) is 23.9 Å². The van der Waals surface area contributed by atoms with E-state index in [1.165, 1.54) is 30.0 Å². The van der Waals surface area contributed by atoms with Crippen molar-refractivity contribution in [2.24, 2.45) is 5.92 Å². The van der Waals surface area contributed by atoms with Crippen molar-refractivity contribution in [1.82, 2.24) is 4.31 Å². The van der Waals surface area contributed by atoms with Gasteiger partial charge in [0.2, 0.25) is 10.0 Å². The van der Waals surface area contributed by atoms with E-state index < -0.39 is 10.0 Å². The first kappa shape index (κ1) is 14.1. The van der Waals surface area contributed by atoms with E-state index in [1.807, 2.05) is 0 Å². The fourth-order valence-corrected chi connectivity index (χ4v) is 3.43. The highest BCUT2D eigenvalue weighted by Gasteiger charge is 2.27. The summed E-state index contributed by atoms with van der Waals surface area (Å²) in [5, 5.41) is 0. The quantitative estimate of drug-likeness (QED) is 0.835. The van der Waals surface area contributed by atoms with Crippen molar-refractivity contribution < 1.29 is 13.2 Å². The van der Waals surface area contributed by atoms with Crippen LogP contribution in [0.5, 0.6) is 5.75 Å². The fourth-order valence-electron chi connectivity index (χ4n) is 2.17. The third-order valence-electron chi connectivity index (χ3n) is 3.65. The number of rotatable bonds is 5. The molecule has 1 saturated carbocycles. The smallest absolute Gasteiger partial charge is 0.242 e. The van der Waals surface area contributed by atoms with Crippen molar-refractivity contribution in [2.45, 2.75) is 24.2 Å². The molecule has 0 atom stereocenters. The Kier molecular flexibility index (Phi) is 4.01. The highest BCUT2D eigenvalue weighted by molar-refractivity contribution is 7.89. The highest BCUT2D eigenvalue weighted by atomic mass is 32.2. The Labute approximate surface area is 114 Å². The second-order valence-corrected chi connectivity index (χ2v) is 7.03. The van der Waals surface area contributed by atoms with Crippen LogP contribution in [0, 0.1) is 5.92 Å². The van der Waals surface area contributed by atoms with E-state index in [1.54, 1.807) is 13.1 Å². The molecule has 5 nitrogen and oxygen atoms in total. The zero-order valence-corrected chi connectivity index (χ0v) is 12.1. The van der Waals surface area contributed by atoms with Crippen LogP contribution in [0.3, 0.4) is 0 Å². The van der Waals surface area contributed by atoms with E-state index in [-0.39, 0.29) is 4.90 Å². The van der Waals surface area contributed by atoms with Crippen LogP contribution in [-0.2, 0) is 10.0 Å². The van der Waals surface area contributed by atoms with Gasteiger partial charge in [0.25, 0.3) is 0 Å². The van der Waals surface area contributed by atoms with Crippen molar-refractivity contribution in [3.8, 4) is 5.75 Å². The number of nitrogens with zero attached hydrogens (tertiary/aromatic N) is 1. The van der Waals surface area contributed by atoms with Crippen LogP contribution in [0.2, 0.25) is 0 Å². The topological polar surface area (TPSA) is 72.6 Å². The summed E-state index contributed by atoms with van der Waals surface area (Å²) in [4.78, 5) is 0.223. The van der Waals surface area contributed by atoms with Gasteiger partial charge in [-0.05, 0) is 30.9 Å². The highest BCUT2D eigenvalue weighted by Crippen LogP contribution is 2.30. The molecule has 0 aromatic heterocycles. The lowest BCUT2D eigenvalue weighted by Gasteiger charge is -2.29. The Hall–Kier alpha value is -1.27. The second-order valence-electron chi connectivity index (χ2n) is 4.99. The Bertz CT molecular complexity index is 553. The normalized spacial score (nSPS) is 16.4. The lowest BCUT2D eigenvalue weighted by atomic mass is 9.86. The first-order valence-corrected chi connectivity index (χ1v) is 7.79. The fraction of sp³-hybridized carbons (Fsp3) is 0.538. The minimum atomic E-state index is -3.46. The number of benzene rings is 1. The summed E-state index contributed by atoms with van der Waals surface area (Å²) in [5.74, 6) is 0.883. The van der Waals surface area contributed by atoms with E-state index in [9.17, 15) is 8.42 Å². The SMILES string of the molecule is COc1cc(S(=O)(=O)N(C)CC2CCC2)ccc1N. The van der Waals surface area contributed by atoms with Crippen LogP contribution < -0.4 is 10.5 Å². The number of sulfonamides is 1. The molecular weight excluding hydrogens is 264 g/mol. The zero-order valence-electron chi connectivity index (χ0n) is 11.3. The van der Waals surface area contributed by atoms with E-state index in [0.717, 1.165) is 12.8 Å². The van der Waals surface area contributed by atoms with Gasteiger partial charge in [-0.3, -0.25) is 0 Å². The van der Waals surface area contributed by atoms with Gasteiger partial charge < -0.3 is 10.5 Å². The van der Waals surface area contributed by atoms with Gasteiger partial charge in [-0.15, -0.1) is 0 Å². The van der Waals surface area contributed by atoms with Gasteiger partial charge in [-0.25, -0.2) is 12.7 Å². The number of anilines is 1.